The number of halogens is 2. The fourth-order valence-electron chi connectivity index (χ4n) is 4.27. The molecule has 1 unspecified atom stereocenters. The van der Waals surface area contributed by atoms with E-state index in [9.17, 15) is 18.4 Å². The van der Waals surface area contributed by atoms with E-state index in [1.54, 1.807) is 18.5 Å². The van der Waals surface area contributed by atoms with Gasteiger partial charge in [-0.1, -0.05) is 12.5 Å². The summed E-state index contributed by atoms with van der Waals surface area (Å²) in [5.74, 6) is -2.75. The maximum atomic E-state index is 14.4. The second-order valence-corrected chi connectivity index (χ2v) is 7.71. The average molecular weight is 415 g/mol. The summed E-state index contributed by atoms with van der Waals surface area (Å²) in [5.41, 5.74) is -0.386. The van der Waals surface area contributed by atoms with Crippen molar-refractivity contribution in [1.82, 2.24) is 15.2 Å². The van der Waals surface area contributed by atoms with E-state index >= 15 is 0 Å². The number of ether oxygens (including phenoxy) is 1. The van der Waals surface area contributed by atoms with Crippen LogP contribution in [0.2, 0.25) is 0 Å². The first-order chi connectivity index (χ1) is 14.5. The molecule has 1 aliphatic heterocycles. The van der Waals surface area contributed by atoms with E-state index in [1.165, 1.54) is 4.90 Å². The molecule has 2 heterocycles. The summed E-state index contributed by atoms with van der Waals surface area (Å²) in [6.07, 6.45) is 7.14. The standard InChI is InChI=1S/C22H23F2N3O3/c23-16-6-7-17(18(24)11-16)21(29)27-19(14-30-22(27)8-2-1-3-9-22)20(28)26-13-15-5-4-10-25-12-15/h4-7,10-12,19H,1-3,8-9,13-14H2,(H,26,28). The predicted molar refractivity (Wildman–Crippen MR) is 104 cm³/mol. The number of rotatable bonds is 4. The molecule has 30 heavy (non-hydrogen) atoms. The Hall–Kier alpha value is -2.87. The van der Waals surface area contributed by atoms with E-state index in [-0.39, 0.29) is 24.6 Å². The van der Waals surface area contributed by atoms with E-state index in [4.69, 9.17) is 4.74 Å². The maximum Gasteiger partial charge on any atom is 0.259 e. The molecule has 1 spiro atoms. The number of hydrogen-bond acceptors (Lipinski definition) is 4. The molecule has 2 aliphatic rings. The van der Waals surface area contributed by atoms with Crippen molar-refractivity contribution in [3.05, 3.63) is 65.5 Å². The maximum absolute atomic E-state index is 14.4. The van der Waals surface area contributed by atoms with Crippen molar-refractivity contribution in [2.24, 2.45) is 0 Å². The summed E-state index contributed by atoms with van der Waals surface area (Å²) in [6.45, 7) is 0.288. The highest BCUT2D eigenvalue weighted by Gasteiger charge is 2.53. The summed E-state index contributed by atoms with van der Waals surface area (Å²) in [7, 11) is 0. The third-order valence-electron chi connectivity index (χ3n) is 5.77. The molecule has 2 aromatic rings. The first kappa shape index (κ1) is 20.4. The molecule has 1 N–H and O–H groups in total. The van der Waals surface area contributed by atoms with Crippen LogP contribution in [0.4, 0.5) is 8.78 Å². The molecular weight excluding hydrogens is 392 g/mol. The summed E-state index contributed by atoms with van der Waals surface area (Å²) >= 11 is 0. The van der Waals surface area contributed by atoms with Gasteiger partial charge in [-0.3, -0.25) is 19.5 Å². The van der Waals surface area contributed by atoms with Crippen molar-refractivity contribution in [3.63, 3.8) is 0 Å². The minimum absolute atomic E-state index is 0.0351. The molecule has 2 amide bonds. The van der Waals surface area contributed by atoms with Crippen LogP contribution in [-0.4, -0.2) is 40.1 Å². The van der Waals surface area contributed by atoms with Gasteiger partial charge in [0.05, 0.1) is 12.2 Å². The summed E-state index contributed by atoms with van der Waals surface area (Å²) in [5, 5.41) is 2.82. The minimum atomic E-state index is -0.952. The molecule has 158 valence electrons. The first-order valence-electron chi connectivity index (χ1n) is 10.1. The summed E-state index contributed by atoms with van der Waals surface area (Å²) in [6, 6.07) is 5.54. The molecule has 1 saturated heterocycles. The van der Waals surface area contributed by atoms with Crippen LogP contribution in [-0.2, 0) is 16.1 Å². The molecule has 1 aromatic heterocycles. The van der Waals surface area contributed by atoms with E-state index in [0.29, 0.717) is 18.9 Å². The second-order valence-electron chi connectivity index (χ2n) is 7.71. The van der Waals surface area contributed by atoms with Gasteiger partial charge >= 0.3 is 0 Å². The zero-order chi connectivity index (χ0) is 21.1. The zero-order valence-corrected chi connectivity index (χ0v) is 16.4. The fraction of sp³-hybridized carbons (Fsp3) is 0.409. The Morgan fingerprint density at radius 2 is 2.00 bits per heavy atom. The molecule has 0 bridgehead atoms. The zero-order valence-electron chi connectivity index (χ0n) is 16.4. The minimum Gasteiger partial charge on any atom is -0.353 e. The Labute approximate surface area is 173 Å². The highest BCUT2D eigenvalue weighted by Crippen LogP contribution is 2.41. The normalized spacial score (nSPS) is 20.3. The fourth-order valence-corrected chi connectivity index (χ4v) is 4.27. The van der Waals surface area contributed by atoms with E-state index in [2.05, 4.69) is 10.3 Å². The average Bonchev–Trinajstić information content (AvgIpc) is 3.11. The van der Waals surface area contributed by atoms with E-state index in [1.807, 2.05) is 6.07 Å². The topological polar surface area (TPSA) is 71.5 Å². The number of pyridine rings is 1. The quantitative estimate of drug-likeness (QED) is 0.833. The van der Waals surface area contributed by atoms with Gasteiger partial charge in [0.1, 0.15) is 23.4 Å². The third-order valence-corrected chi connectivity index (χ3v) is 5.77. The van der Waals surface area contributed by atoms with Gasteiger partial charge in [-0.25, -0.2) is 8.78 Å². The molecule has 6 nitrogen and oxygen atoms in total. The molecule has 2 fully saturated rings. The molecule has 1 saturated carbocycles. The molecule has 1 aromatic carbocycles. The van der Waals surface area contributed by atoms with Crippen molar-refractivity contribution in [3.8, 4) is 0 Å². The Kier molecular flexibility index (Phi) is 5.76. The summed E-state index contributed by atoms with van der Waals surface area (Å²) in [4.78, 5) is 31.7. The Morgan fingerprint density at radius 1 is 1.20 bits per heavy atom. The lowest BCUT2D eigenvalue weighted by Gasteiger charge is -2.41. The highest BCUT2D eigenvalue weighted by molar-refractivity contribution is 5.98. The smallest absolute Gasteiger partial charge is 0.259 e. The van der Waals surface area contributed by atoms with Crippen molar-refractivity contribution in [2.45, 2.75) is 50.4 Å². The lowest BCUT2D eigenvalue weighted by molar-refractivity contribution is -0.127. The predicted octanol–water partition coefficient (Wildman–Crippen LogP) is 3.18. The molecule has 1 atom stereocenters. The summed E-state index contributed by atoms with van der Waals surface area (Å²) < 4.78 is 33.7. The molecule has 0 radical (unpaired) electrons. The van der Waals surface area contributed by atoms with E-state index < -0.39 is 29.3 Å². The van der Waals surface area contributed by atoms with Gasteiger partial charge < -0.3 is 10.1 Å². The number of nitrogens with one attached hydrogen (secondary N) is 1. The van der Waals surface area contributed by atoms with Crippen LogP contribution in [0.3, 0.4) is 0 Å². The van der Waals surface area contributed by atoms with Crippen LogP contribution in [0.1, 0.15) is 48.0 Å². The van der Waals surface area contributed by atoms with Gasteiger partial charge in [0.25, 0.3) is 5.91 Å². The second kappa shape index (κ2) is 8.47. The van der Waals surface area contributed by atoms with Gasteiger partial charge in [-0.15, -0.1) is 0 Å². The largest absolute Gasteiger partial charge is 0.353 e. The van der Waals surface area contributed by atoms with Crippen LogP contribution < -0.4 is 5.32 Å². The van der Waals surface area contributed by atoms with Crippen LogP contribution in [0.25, 0.3) is 0 Å². The number of amides is 2. The van der Waals surface area contributed by atoms with Crippen molar-refractivity contribution >= 4 is 11.8 Å². The van der Waals surface area contributed by atoms with Crippen molar-refractivity contribution < 1.29 is 23.1 Å². The molecular formula is C22H23F2N3O3. The van der Waals surface area contributed by atoms with Gasteiger partial charge in [0.15, 0.2) is 0 Å². The Morgan fingerprint density at radius 3 is 2.70 bits per heavy atom. The Balaban J connectivity index is 1.60. The van der Waals surface area contributed by atoms with Crippen LogP contribution in [0.5, 0.6) is 0 Å². The van der Waals surface area contributed by atoms with Crippen LogP contribution >= 0.6 is 0 Å². The number of benzene rings is 1. The third kappa shape index (κ3) is 3.92. The molecule has 4 rings (SSSR count). The van der Waals surface area contributed by atoms with E-state index in [0.717, 1.165) is 37.0 Å². The first-order valence-corrected chi connectivity index (χ1v) is 10.1. The number of hydrogen-bond donors (Lipinski definition) is 1. The van der Waals surface area contributed by atoms with Gasteiger partial charge in [0, 0.05) is 25.0 Å². The molecule has 8 heteroatoms. The SMILES string of the molecule is O=C(NCc1cccnc1)C1COC2(CCCCC2)N1C(=O)c1ccc(F)cc1F. The monoisotopic (exact) mass is 415 g/mol. The van der Waals surface area contributed by atoms with Gasteiger partial charge in [0.2, 0.25) is 5.91 Å². The number of nitrogens with zero attached hydrogens (tertiary/aromatic N) is 2. The van der Waals surface area contributed by atoms with Crippen molar-refractivity contribution in [2.75, 3.05) is 6.61 Å². The number of aromatic nitrogens is 1. The number of carbonyl (C=O) groups is 2. The van der Waals surface area contributed by atoms with Crippen LogP contribution in [0, 0.1) is 11.6 Å². The van der Waals surface area contributed by atoms with Crippen molar-refractivity contribution in [1.29, 1.82) is 0 Å². The molecule has 1 aliphatic carbocycles. The Bertz CT molecular complexity index is 932. The number of carbonyl (C=O) groups excluding carboxylic acids is 2. The van der Waals surface area contributed by atoms with Gasteiger partial charge in [-0.2, -0.15) is 0 Å². The lowest BCUT2D eigenvalue weighted by atomic mass is 9.89. The van der Waals surface area contributed by atoms with Gasteiger partial charge in [-0.05, 0) is 49.4 Å². The highest BCUT2D eigenvalue weighted by atomic mass is 19.1. The lowest BCUT2D eigenvalue weighted by Crippen LogP contribution is -2.56. The van der Waals surface area contributed by atoms with Crippen LogP contribution in [0.15, 0.2) is 42.7 Å².